The van der Waals surface area contributed by atoms with Crippen LogP contribution < -0.4 is 4.90 Å². The Morgan fingerprint density at radius 3 is 2.18 bits per heavy atom. The number of anilines is 1. The molecular formula is C21H20FN5O. The summed E-state index contributed by atoms with van der Waals surface area (Å²) in [7, 11) is 0. The second-order valence-corrected chi connectivity index (χ2v) is 6.60. The van der Waals surface area contributed by atoms with Crippen molar-refractivity contribution in [2.45, 2.75) is 5.92 Å². The number of piperazine rings is 1. The van der Waals surface area contributed by atoms with Crippen LogP contribution in [0.25, 0.3) is 0 Å². The molecule has 1 fully saturated rings. The van der Waals surface area contributed by atoms with E-state index in [1.54, 1.807) is 36.8 Å². The Morgan fingerprint density at radius 2 is 1.54 bits per heavy atom. The number of rotatable bonds is 4. The highest BCUT2D eigenvalue weighted by atomic mass is 19.1. The maximum absolute atomic E-state index is 13.4. The third-order valence-corrected chi connectivity index (χ3v) is 4.86. The van der Waals surface area contributed by atoms with Gasteiger partial charge in [-0.3, -0.25) is 9.78 Å². The zero-order valence-corrected chi connectivity index (χ0v) is 15.3. The number of benzene rings is 1. The zero-order chi connectivity index (χ0) is 19.3. The van der Waals surface area contributed by atoms with Crippen LogP contribution in [0.1, 0.15) is 17.2 Å². The van der Waals surface area contributed by atoms with Gasteiger partial charge in [-0.1, -0.05) is 18.2 Å². The molecule has 0 N–H and O–H groups in total. The summed E-state index contributed by atoms with van der Waals surface area (Å²) in [5, 5.41) is 0. The fourth-order valence-electron chi connectivity index (χ4n) is 3.41. The molecule has 3 aromatic rings. The third kappa shape index (κ3) is 3.83. The summed E-state index contributed by atoms with van der Waals surface area (Å²) < 4.78 is 13.4. The average molecular weight is 377 g/mol. The molecule has 4 rings (SSSR count). The van der Waals surface area contributed by atoms with Crippen LogP contribution >= 0.6 is 0 Å². The van der Waals surface area contributed by atoms with Crippen LogP contribution in [0.2, 0.25) is 0 Å². The van der Waals surface area contributed by atoms with Crippen molar-refractivity contribution in [1.29, 1.82) is 0 Å². The Hall–Kier alpha value is -3.35. The van der Waals surface area contributed by atoms with E-state index in [9.17, 15) is 9.18 Å². The smallest absolute Gasteiger partial charge is 0.236 e. The van der Waals surface area contributed by atoms with E-state index in [0.29, 0.717) is 37.8 Å². The van der Waals surface area contributed by atoms with Crippen molar-refractivity contribution in [3.63, 3.8) is 0 Å². The summed E-state index contributed by atoms with van der Waals surface area (Å²) in [5.41, 5.74) is 1.40. The van der Waals surface area contributed by atoms with Crippen LogP contribution in [0.4, 0.5) is 10.3 Å². The van der Waals surface area contributed by atoms with Gasteiger partial charge in [0.25, 0.3) is 0 Å². The molecule has 28 heavy (non-hydrogen) atoms. The number of carbonyl (C=O) groups is 1. The molecule has 7 heteroatoms. The van der Waals surface area contributed by atoms with Gasteiger partial charge in [0.05, 0.1) is 5.69 Å². The molecule has 1 amide bonds. The van der Waals surface area contributed by atoms with E-state index in [1.807, 2.05) is 23.1 Å². The zero-order valence-electron chi connectivity index (χ0n) is 15.3. The summed E-state index contributed by atoms with van der Waals surface area (Å²) in [6.07, 6.45) is 5.10. The SMILES string of the molecule is O=C(C(c1ccc(F)cc1)c1ccccn1)N1CCN(c2ncccn2)CC1. The maximum atomic E-state index is 13.4. The highest BCUT2D eigenvalue weighted by molar-refractivity contribution is 5.87. The number of amides is 1. The predicted molar refractivity (Wildman–Crippen MR) is 103 cm³/mol. The van der Waals surface area contributed by atoms with E-state index in [4.69, 9.17) is 0 Å². The van der Waals surface area contributed by atoms with Crippen LogP contribution in [0.15, 0.2) is 67.1 Å². The van der Waals surface area contributed by atoms with Crippen LogP contribution in [-0.4, -0.2) is 51.9 Å². The standard InChI is InChI=1S/C21H20FN5O/c22-17-7-5-16(6-8-17)19(18-4-1-2-9-23-18)20(28)26-12-14-27(15-13-26)21-24-10-3-11-25-21/h1-11,19H,12-15H2. The lowest BCUT2D eigenvalue weighted by atomic mass is 9.93. The highest BCUT2D eigenvalue weighted by Gasteiger charge is 2.31. The Kier molecular flexibility index (Phi) is 5.23. The summed E-state index contributed by atoms with van der Waals surface area (Å²) in [6, 6.07) is 13.3. The van der Waals surface area contributed by atoms with E-state index in [2.05, 4.69) is 19.9 Å². The van der Waals surface area contributed by atoms with Gasteiger partial charge in [-0.25, -0.2) is 14.4 Å². The normalized spacial score (nSPS) is 15.3. The topological polar surface area (TPSA) is 62.2 Å². The first kappa shape index (κ1) is 18.0. The summed E-state index contributed by atoms with van der Waals surface area (Å²) in [6.45, 7) is 2.46. The third-order valence-electron chi connectivity index (χ3n) is 4.86. The lowest BCUT2D eigenvalue weighted by Gasteiger charge is -2.36. The first-order valence-corrected chi connectivity index (χ1v) is 9.19. The highest BCUT2D eigenvalue weighted by Crippen LogP contribution is 2.26. The Balaban J connectivity index is 1.54. The van der Waals surface area contributed by atoms with Gasteiger partial charge < -0.3 is 9.80 Å². The molecule has 1 aromatic carbocycles. The van der Waals surface area contributed by atoms with Crippen molar-refractivity contribution >= 4 is 11.9 Å². The Morgan fingerprint density at radius 1 is 0.857 bits per heavy atom. The monoisotopic (exact) mass is 377 g/mol. The van der Waals surface area contributed by atoms with Gasteiger partial charge in [0.1, 0.15) is 11.7 Å². The molecule has 142 valence electrons. The largest absolute Gasteiger partial charge is 0.338 e. The van der Waals surface area contributed by atoms with E-state index in [1.165, 1.54) is 12.1 Å². The molecule has 1 aliphatic heterocycles. The molecular weight excluding hydrogens is 357 g/mol. The number of carbonyl (C=O) groups excluding carboxylic acids is 1. The number of hydrogen-bond acceptors (Lipinski definition) is 5. The maximum Gasteiger partial charge on any atom is 0.236 e. The molecule has 0 saturated carbocycles. The van der Waals surface area contributed by atoms with E-state index in [0.717, 1.165) is 5.56 Å². The Bertz CT molecular complexity index is 913. The van der Waals surface area contributed by atoms with Crippen LogP contribution in [0, 0.1) is 5.82 Å². The number of hydrogen-bond donors (Lipinski definition) is 0. The number of nitrogens with zero attached hydrogens (tertiary/aromatic N) is 5. The second kappa shape index (κ2) is 8.12. The summed E-state index contributed by atoms with van der Waals surface area (Å²) >= 11 is 0. The van der Waals surface area contributed by atoms with Crippen molar-refractivity contribution in [3.05, 3.63) is 84.2 Å². The minimum Gasteiger partial charge on any atom is -0.338 e. The summed E-state index contributed by atoms with van der Waals surface area (Å²) in [5.74, 6) is -0.234. The van der Waals surface area contributed by atoms with Gasteiger partial charge in [0, 0.05) is 44.8 Å². The summed E-state index contributed by atoms with van der Waals surface area (Å²) in [4.78, 5) is 30.2. The van der Waals surface area contributed by atoms with Gasteiger partial charge in [0.15, 0.2) is 0 Å². The Labute approximate surface area is 162 Å². The van der Waals surface area contributed by atoms with E-state index < -0.39 is 5.92 Å². The average Bonchev–Trinajstić information content (AvgIpc) is 2.77. The molecule has 0 spiro atoms. The minimum atomic E-state index is -0.554. The fraction of sp³-hybridized carbons (Fsp3) is 0.238. The van der Waals surface area contributed by atoms with Crippen LogP contribution in [0.3, 0.4) is 0 Å². The number of pyridine rings is 1. The van der Waals surface area contributed by atoms with Gasteiger partial charge >= 0.3 is 0 Å². The van der Waals surface area contributed by atoms with Crippen molar-refractivity contribution in [1.82, 2.24) is 19.9 Å². The molecule has 2 aromatic heterocycles. The van der Waals surface area contributed by atoms with Gasteiger partial charge in [-0.2, -0.15) is 0 Å². The number of halogens is 1. The van der Waals surface area contributed by atoms with Crippen molar-refractivity contribution in [2.75, 3.05) is 31.1 Å². The predicted octanol–water partition coefficient (Wildman–Crippen LogP) is 2.49. The first-order chi connectivity index (χ1) is 13.7. The van der Waals surface area contributed by atoms with Crippen molar-refractivity contribution < 1.29 is 9.18 Å². The van der Waals surface area contributed by atoms with Crippen LogP contribution in [0.5, 0.6) is 0 Å². The number of aromatic nitrogens is 3. The molecule has 1 atom stereocenters. The molecule has 1 aliphatic rings. The van der Waals surface area contributed by atoms with Crippen molar-refractivity contribution in [3.8, 4) is 0 Å². The molecule has 6 nitrogen and oxygen atoms in total. The van der Waals surface area contributed by atoms with Crippen molar-refractivity contribution in [2.24, 2.45) is 0 Å². The van der Waals surface area contributed by atoms with E-state index >= 15 is 0 Å². The second-order valence-electron chi connectivity index (χ2n) is 6.60. The molecule has 0 aliphatic carbocycles. The molecule has 0 radical (unpaired) electrons. The molecule has 0 bridgehead atoms. The quantitative estimate of drug-likeness (QED) is 0.699. The lowest BCUT2D eigenvalue weighted by molar-refractivity contribution is -0.132. The van der Waals surface area contributed by atoms with Crippen LogP contribution in [-0.2, 0) is 4.79 Å². The van der Waals surface area contributed by atoms with Gasteiger partial charge in [-0.15, -0.1) is 0 Å². The molecule has 3 heterocycles. The molecule has 1 saturated heterocycles. The minimum absolute atomic E-state index is 0.0288. The van der Waals surface area contributed by atoms with E-state index in [-0.39, 0.29) is 11.7 Å². The molecule has 1 unspecified atom stereocenters. The fourth-order valence-corrected chi connectivity index (χ4v) is 3.41. The van der Waals surface area contributed by atoms with Gasteiger partial charge in [-0.05, 0) is 35.9 Å². The lowest BCUT2D eigenvalue weighted by Crippen LogP contribution is -2.50. The first-order valence-electron chi connectivity index (χ1n) is 9.19. The van der Waals surface area contributed by atoms with Gasteiger partial charge in [0.2, 0.25) is 11.9 Å².